The summed E-state index contributed by atoms with van der Waals surface area (Å²) in [6, 6.07) is 8.22. The molecule has 1 aromatic carbocycles. The fourth-order valence-corrected chi connectivity index (χ4v) is 1.19. The molecule has 1 atom stereocenters. The summed E-state index contributed by atoms with van der Waals surface area (Å²) >= 11 is 0. The molecule has 3 N–H and O–H groups in total. The topological polar surface area (TPSA) is 47.3 Å². The van der Waals surface area contributed by atoms with Gasteiger partial charge in [-0.2, -0.15) is 0 Å². The van der Waals surface area contributed by atoms with E-state index in [2.05, 4.69) is 5.32 Å². The van der Waals surface area contributed by atoms with Gasteiger partial charge in [-0.25, -0.2) is 0 Å². The third-order valence-electron chi connectivity index (χ3n) is 1.95. The summed E-state index contributed by atoms with van der Waals surface area (Å²) in [4.78, 5) is 0. The molecule has 0 aliphatic rings. The van der Waals surface area contributed by atoms with Gasteiger partial charge in [-0.3, -0.25) is 0 Å². The second-order valence-corrected chi connectivity index (χ2v) is 3.46. The zero-order valence-corrected chi connectivity index (χ0v) is 8.79. The Kier molecular flexibility index (Phi) is 4.43. The Morgan fingerprint density at radius 3 is 2.50 bits per heavy atom. The van der Waals surface area contributed by atoms with E-state index in [4.69, 9.17) is 10.5 Å². The van der Waals surface area contributed by atoms with Gasteiger partial charge >= 0.3 is 0 Å². The molecular formula is C11H18N2O. The van der Waals surface area contributed by atoms with Crippen LogP contribution < -0.4 is 15.8 Å². The van der Waals surface area contributed by atoms with Gasteiger partial charge < -0.3 is 15.8 Å². The summed E-state index contributed by atoms with van der Waals surface area (Å²) in [5.74, 6) is 0.890. The van der Waals surface area contributed by atoms with Crippen LogP contribution in [-0.2, 0) is 6.54 Å². The number of hydrogen-bond donors (Lipinski definition) is 2. The molecule has 1 aromatic rings. The zero-order valence-electron chi connectivity index (χ0n) is 8.79. The first-order valence-corrected chi connectivity index (χ1v) is 4.81. The van der Waals surface area contributed by atoms with Crippen molar-refractivity contribution in [2.45, 2.75) is 19.5 Å². The molecule has 3 nitrogen and oxygen atoms in total. The van der Waals surface area contributed by atoms with Gasteiger partial charge in [-0.05, 0) is 24.6 Å². The summed E-state index contributed by atoms with van der Waals surface area (Å²) in [6.07, 6.45) is 0. The van der Waals surface area contributed by atoms with Gasteiger partial charge in [0.05, 0.1) is 7.11 Å². The molecular weight excluding hydrogens is 176 g/mol. The zero-order chi connectivity index (χ0) is 10.4. The van der Waals surface area contributed by atoms with Gasteiger partial charge in [0, 0.05) is 19.1 Å². The molecule has 3 heteroatoms. The maximum atomic E-state index is 5.62. The second-order valence-electron chi connectivity index (χ2n) is 3.46. The molecule has 14 heavy (non-hydrogen) atoms. The molecule has 78 valence electrons. The summed E-state index contributed by atoms with van der Waals surface area (Å²) < 4.78 is 5.07. The van der Waals surface area contributed by atoms with Crippen molar-refractivity contribution >= 4 is 0 Å². The molecule has 0 aromatic heterocycles. The Labute approximate surface area is 85.3 Å². The lowest BCUT2D eigenvalue weighted by atomic mass is 10.2. The molecule has 0 heterocycles. The van der Waals surface area contributed by atoms with E-state index in [1.807, 2.05) is 31.2 Å². The number of hydrogen-bond acceptors (Lipinski definition) is 3. The third-order valence-corrected chi connectivity index (χ3v) is 1.95. The minimum absolute atomic E-state index is 0.202. The lowest BCUT2D eigenvalue weighted by molar-refractivity contribution is 0.414. The quantitative estimate of drug-likeness (QED) is 0.738. The van der Waals surface area contributed by atoms with Gasteiger partial charge in [-0.15, -0.1) is 0 Å². The molecule has 0 aliphatic carbocycles. The number of nitrogens with one attached hydrogen (secondary N) is 1. The SMILES string of the molecule is COc1ccc(CNCC(C)N)cc1. The van der Waals surface area contributed by atoms with Crippen molar-refractivity contribution in [3.8, 4) is 5.75 Å². The highest BCUT2D eigenvalue weighted by molar-refractivity contribution is 5.26. The van der Waals surface area contributed by atoms with Crippen LogP contribution in [0.4, 0.5) is 0 Å². The van der Waals surface area contributed by atoms with Gasteiger partial charge in [0.1, 0.15) is 5.75 Å². The number of rotatable bonds is 5. The molecule has 1 unspecified atom stereocenters. The molecule has 0 radical (unpaired) electrons. The van der Waals surface area contributed by atoms with E-state index >= 15 is 0 Å². The molecule has 0 fully saturated rings. The average molecular weight is 194 g/mol. The van der Waals surface area contributed by atoms with Crippen LogP contribution in [0.3, 0.4) is 0 Å². The van der Waals surface area contributed by atoms with E-state index in [1.165, 1.54) is 5.56 Å². The molecule has 0 amide bonds. The van der Waals surface area contributed by atoms with Crippen molar-refractivity contribution in [3.63, 3.8) is 0 Å². The van der Waals surface area contributed by atoms with Crippen LogP contribution >= 0.6 is 0 Å². The number of methoxy groups -OCH3 is 1. The molecule has 0 spiro atoms. The third kappa shape index (κ3) is 3.77. The predicted octanol–water partition coefficient (Wildman–Crippen LogP) is 1.13. The fourth-order valence-electron chi connectivity index (χ4n) is 1.19. The van der Waals surface area contributed by atoms with Crippen LogP contribution in [0.1, 0.15) is 12.5 Å². The Balaban J connectivity index is 2.36. The van der Waals surface area contributed by atoms with E-state index < -0.39 is 0 Å². The van der Waals surface area contributed by atoms with Gasteiger partial charge in [0.15, 0.2) is 0 Å². The van der Waals surface area contributed by atoms with Crippen molar-refractivity contribution in [2.24, 2.45) is 5.73 Å². The van der Waals surface area contributed by atoms with Crippen LogP contribution in [0.25, 0.3) is 0 Å². The van der Waals surface area contributed by atoms with E-state index in [1.54, 1.807) is 7.11 Å². The first-order valence-electron chi connectivity index (χ1n) is 4.81. The van der Waals surface area contributed by atoms with Gasteiger partial charge in [0.25, 0.3) is 0 Å². The van der Waals surface area contributed by atoms with Crippen LogP contribution in [0.15, 0.2) is 24.3 Å². The number of benzene rings is 1. The van der Waals surface area contributed by atoms with Crippen molar-refractivity contribution in [1.82, 2.24) is 5.32 Å². The first-order chi connectivity index (χ1) is 6.72. The van der Waals surface area contributed by atoms with Crippen molar-refractivity contribution < 1.29 is 4.74 Å². The second kappa shape index (κ2) is 5.62. The predicted molar refractivity (Wildman–Crippen MR) is 58.4 cm³/mol. The van der Waals surface area contributed by atoms with Crippen LogP contribution in [0, 0.1) is 0 Å². The maximum absolute atomic E-state index is 5.62. The monoisotopic (exact) mass is 194 g/mol. The van der Waals surface area contributed by atoms with Gasteiger partial charge in [-0.1, -0.05) is 12.1 Å². The normalized spacial score (nSPS) is 12.5. The lowest BCUT2D eigenvalue weighted by Gasteiger charge is -2.07. The standard InChI is InChI=1S/C11H18N2O/c1-9(12)7-13-8-10-3-5-11(14-2)6-4-10/h3-6,9,13H,7-8,12H2,1-2H3. The Bertz CT molecular complexity index is 256. The molecule has 0 bridgehead atoms. The summed E-state index contributed by atoms with van der Waals surface area (Å²) in [5, 5.41) is 3.27. The highest BCUT2D eigenvalue weighted by Gasteiger charge is 1.95. The molecule has 0 saturated carbocycles. The molecule has 0 aliphatic heterocycles. The molecule has 1 rings (SSSR count). The van der Waals surface area contributed by atoms with Crippen molar-refractivity contribution in [3.05, 3.63) is 29.8 Å². The minimum Gasteiger partial charge on any atom is -0.497 e. The van der Waals surface area contributed by atoms with Crippen LogP contribution in [0.2, 0.25) is 0 Å². The average Bonchev–Trinajstić information content (AvgIpc) is 2.18. The number of nitrogens with two attached hydrogens (primary N) is 1. The highest BCUT2D eigenvalue weighted by atomic mass is 16.5. The van der Waals surface area contributed by atoms with E-state index in [-0.39, 0.29) is 6.04 Å². The summed E-state index contributed by atoms with van der Waals surface area (Å²) in [5.41, 5.74) is 6.86. The van der Waals surface area contributed by atoms with Gasteiger partial charge in [0.2, 0.25) is 0 Å². The largest absolute Gasteiger partial charge is 0.497 e. The molecule has 0 saturated heterocycles. The van der Waals surface area contributed by atoms with Crippen molar-refractivity contribution in [1.29, 1.82) is 0 Å². The first kappa shape index (κ1) is 11.0. The maximum Gasteiger partial charge on any atom is 0.118 e. The summed E-state index contributed by atoms with van der Waals surface area (Å²) in [6.45, 7) is 3.68. The van der Waals surface area contributed by atoms with E-state index in [0.29, 0.717) is 0 Å². The number of ether oxygens (including phenoxy) is 1. The van der Waals surface area contributed by atoms with E-state index in [9.17, 15) is 0 Å². The smallest absolute Gasteiger partial charge is 0.118 e. The highest BCUT2D eigenvalue weighted by Crippen LogP contribution is 2.10. The fraction of sp³-hybridized carbons (Fsp3) is 0.455. The Morgan fingerprint density at radius 2 is 2.00 bits per heavy atom. The lowest BCUT2D eigenvalue weighted by Crippen LogP contribution is -2.30. The van der Waals surface area contributed by atoms with Crippen LogP contribution in [-0.4, -0.2) is 19.7 Å². The Morgan fingerprint density at radius 1 is 1.36 bits per heavy atom. The summed E-state index contributed by atoms with van der Waals surface area (Å²) in [7, 11) is 1.67. The van der Waals surface area contributed by atoms with Crippen LogP contribution in [0.5, 0.6) is 5.75 Å². The Hall–Kier alpha value is -1.06. The minimum atomic E-state index is 0.202. The van der Waals surface area contributed by atoms with Crippen molar-refractivity contribution in [2.75, 3.05) is 13.7 Å². The van der Waals surface area contributed by atoms with E-state index in [0.717, 1.165) is 18.8 Å².